The largest absolute Gasteiger partial charge is 0.481 e. The Balaban J connectivity index is 1.86. The molecular weight excluding hydrogens is 280 g/mol. The van der Waals surface area contributed by atoms with Crippen LogP contribution in [0, 0.1) is 11.8 Å². The maximum absolute atomic E-state index is 12.3. The molecule has 0 spiro atoms. The van der Waals surface area contributed by atoms with Gasteiger partial charge in [-0.05, 0) is 12.8 Å². The summed E-state index contributed by atoms with van der Waals surface area (Å²) in [4.78, 5) is 40.6. The lowest BCUT2D eigenvalue weighted by Gasteiger charge is -2.19. The number of nitrogens with zero attached hydrogens (tertiary/aromatic N) is 2. The van der Waals surface area contributed by atoms with Gasteiger partial charge in [0.25, 0.3) is 0 Å². The average molecular weight is 294 g/mol. The van der Waals surface area contributed by atoms with Crippen LogP contribution in [-0.4, -0.2) is 27.9 Å². The maximum atomic E-state index is 12.3. The Bertz CT molecular complexity index is 559. The number of aromatic nitrogens is 1. The molecule has 3 rings (SSSR count). The molecule has 2 fully saturated rings. The lowest BCUT2D eigenvalue weighted by atomic mass is 9.81. The second kappa shape index (κ2) is 4.97. The fraction of sp³-hybridized carbons (Fsp3) is 0.538. The molecule has 1 aliphatic carbocycles. The van der Waals surface area contributed by atoms with Crippen LogP contribution in [0.25, 0.3) is 0 Å². The number of imide groups is 1. The Hall–Kier alpha value is -1.76. The van der Waals surface area contributed by atoms with E-state index in [-0.39, 0.29) is 30.1 Å². The molecular formula is C13H14N2O4S. The van der Waals surface area contributed by atoms with Gasteiger partial charge < -0.3 is 5.11 Å². The zero-order valence-corrected chi connectivity index (χ0v) is 11.6. The number of thiazole rings is 1. The third-order valence-electron chi connectivity index (χ3n) is 3.90. The zero-order chi connectivity index (χ0) is 14.3. The van der Waals surface area contributed by atoms with Gasteiger partial charge in [-0.3, -0.25) is 14.4 Å². The second-order valence-corrected chi connectivity index (χ2v) is 6.04. The van der Waals surface area contributed by atoms with E-state index < -0.39 is 5.97 Å². The topological polar surface area (TPSA) is 87.6 Å². The minimum Gasteiger partial charge on any atom is -0.481 e. The van der Waals surface area contributed by atoms with E-state index in [9.17, 15) is 14.4 Å². The number of fused-ring (bicyclic) bond motifs is 1. The Kier molecular flexibility index (Phi) is 3.29. The second-order valence-electron chi connectivity index (χ2n) is 5.20. The van der Waals surface area contributed by atoms with Crippen molar-refractivity contribution in [1.82, 2.24) is 4.98 Å². The Morgan fingerprint density at radius 3 is 2.45 bits per heavy atom. The van der Waals surface area contributed by atoms with Crippen LogP contribution in [0.15, 0.2) is 5.38 Å². The van der Waals surface area contributed by atoms with E-state index >= 15 is 0 Å². The highest BCUT2D eigenvalue weighted by atomic mass is 32.1. The number of anilines is 1. The fourth-order valence-electron chi connectivity index (χ4n) is 2.99. The summed E-state index contributed by atoms with van der Waals surface area (Å²) in [5.74, 6) is -1.73. The van der Waals surface area contributed by atoms with Crippen LogP contribution in [0.1, 0.15) is 31.4 Å². The standard InChI is InChI=1S/C13H14N2O4S/c16-10(17)5-7-6-20-13(14-7)15-11(18)8-3-1-2-4-9(8)12(15)19/h6,8-9H,1-5H2,(H,16,17). The highest BCUT2D eigenvalue weighted by molar-refractivity contribution is 7.14. The number of hydrogen-bond donors (Lipinski definition) is 1. The minimum atomic E-state index is -0.977. The predicted octanol–water partition coefficient (Wildman–Crippen LogP) is 1.45. The molecule has 2 amide bonds. The highest BCUT2D eigenvalue weighted by Gasteiger charge is 2.49. The molecule has 2 aliphatic rings. The summed E-state index contributed by atoms with van der Waals surface area (Å²) in [6.45, 7) is 0. The van der Waals surface area contributed by atoms with Gasteiger partial charge in [-0.2, -0.15) is 0 Å². The van der Waals surface area contributed by atoms with Gasteiger partial charge >= 0.3 is 5.97 Å². The van der Waals surface area contributed by atoms with Crippen molar-refractivity contribution >= 4 is 34.3 Å². The van der Waals surface area contributed by atoms with E-state index in [1.54, 1.807) is 5.38 Å². The number of amides is 2. The highest BCUT2D eigenvalue weighted by Crippen LogP contribution is 2.40. The van der Waals surface area contributed by atoms with Gasteiger partial charge in [0, 0.05) is 5.38 Å². The third-order valence-corrected chi connectivity index (χ3v) is 4.78. The summed E-state index contributed by atoms with van der Waals surface area (Å²) in [6, 6.07) is 0. The number of rotatable bonds is 3. The average Bonchev–Trinajstić information content (AvgIpc) is 2.94. The first kappa shape index (κ1) is 13.2. The summed E-state index contributed by atoms with van der Waals surface area (Å²) in [5.41, 5.74) is 0.382. The first-order chi connectivity index (χ1) is 9.58. The van der Waals surface area contributed by atoms with Crippen LogP contribution in [0.5, 0.6) is 0 Å². The molecule has 1 N–H and O–H groups in total. The van der Waals surface area contributed by atoms with Crippen molar-refractivity contribution in [2.45, 2.75) is 32.1 Å². The summed E-state index contributed by atoms with van der Waals surface area (Å²) in [5, 5.41) is 10.6. The Morgan fingerprint density at radius 2 is 1.90 bits per heavy atom. The SMILES string of the molecule is O=C(O)Cc1csc(N2C(=O)C3CCCCC3C2=O)n1. The summed E-state index contributed by atoms with van der Waals surface area (Å²) < 4.78 is 0. The van der Waals surface area contributed by atoms with E-state index in [0.717, 1.165) is 41.9 Å². The van der Waals surface area contributed by atoms with Gasteiger partial charge in [-0.1, -0.05) is 12.8 Å². The van der Waals surface area contributed by atoms with Crippen molar-refractivity contribution in [1.29, 1.82) is 0 Å². The van der Waals surface area contributed by atoms with Crippen molar-refractivity contribution < 1.29 is 19.5 Å². The molecule has 2 heterocycles. The predicted molar refractivity (Wildman–Crippen MR) is 71.4 cm³/mol. The van der Waals surface area contributed by atoms with Gasteiger partial charge in [0.2, 0.25) is 11.8 Å². The van der Waals surface area contributed by atoms with Crippen LogP contribution < -0.4 is 4.90 Å². The molecule has 0 bridgehead atoms. The van der Waals surface area contributed by atoms with Gasteiger partial charge in [0.1, 0.15) is 0 Å². The van der Waals surface area contributed by atoms with Crippen molar-refractivity contribution in [3.8, 4) is 0 Å². The fourth-order valence-corrected chi connectivity index (χ4v) is 3.82. The number of carboxylic acids is 1. The van der Waals surface area contributed by atoms with E-state index in [2.05, 4.69) is 4.98 Å². The van der Waals surface area contributed by atoms with Gasteiger partial charge in [0.05, 0.1) is 24.0 Å². The van der Waals surface area contributed by atoms with E-state index in [1.807, 2.05) is 0 Å². The molecule has 1 aliphatic heterocycles. The molecule has 1 saturated carbocycles. The van der Waals surface area contributed by atoms with Gasteiger partial charge in [0.15, 0.2) is 5.13 Å². The molecule has 106 valence electrons. The normalized spacial score (nSPS) is 25.9. The van der Waals surface area contributed by atoms with Crippen LogP contribution >= 0.6 is 11.3 Å². The van der Waals surface area contributed by atoms with E-state index in [4.69, 9.17) is 5.11 Å². The van der Waals surface area contributed by atoms with Crippen molar-refractivity contribution in [3.05, 3.63) is 11.1 Å². The van der Waals surface area contributed by atoms with Crippen LogP contribution in [-0.2, 0) is 20.8 Å². The van der Waals surface area contributed by atoms with Crippen LogP contribution in [0.3, 0.4) is 0 Å². The molecule has 2 unspecified atom stereocenters. The number of hydrogen-bond acceptors (Lipinski definition) is 5. The van der Waals surface area contributed by atoms with E-state index in [1.165, 1.54) is 0 Å². The molecule has 7 heteroatoms. The molecule has 1 aromatic heterocycles. The Morgan fingerprint density at radius 1 is 1.30 bits per heavy atom. The molecule has 0 radical (unpaired) electrons. The molecule has 6 nitrogen and oxygen atoms in total. The lowest BCUT2D eigenvalue weighted by Crippen LogP contribution is -2.30. The summed E-state index contributed by atoms with van der Waals surface area (Å²) >= 11 is 1.15. The van der Waals surface area contributed by atoms with Crippen LogP contribution in [0.4, 0.5) is 5.13 Å². The minimum absolute atomic E-state index is 0.170. The first-order valence-electron chi connectivity index (χ1n) is 6.62. The van der Waals surface area contributed by atoms with Crippen molar-refractivity contribution in [2.75, 3.05) is 4.90 Å². The molecule has 20 heavy (non-hydrogen) atoms. The summed E-state index contributed by atoms with van der Waals surface area (Å²) in [6.07, 6.45) is 3.30. The van der Waals surface area contributed by atoms with Gasteiger partial charge in [-0.25, -0.2) is 9.88 Å². The third kappa shape index (κ3) is 2.11. The monoisotopic (exact) mass is 294 g/mol. The Labute approximate surface area is 119 Å². The quantitative estimate of drug-likeness (QED) is 0.852. The number of carbonyl (C=O) groups is 3. The van der Waals surface area contributed by atoms with Crippen LogP contribution in [0.2, 0.25) is 0 Å². The summed E-state index contributed by atoms with van der Waals surface area (Å²) in [7, 11) is 0. The molecule has 1 saturated heterocycles. The first-order valence-corrected chi connectivity index (χ1v) is 7.50. The van der Waals surface area contributed by atoms with Crippen molar-refractivity contribution in [3.63, 3.8) is 0 Å². The zero-order valence-electron chi connectivity index (χ0n) is 10.7. The smallest absolute Gasteiger partial charge is 0.309 e. The van der Waals surface area contributed by atoms with Gasteiger partial charge in [-0.15, -0.1) is 11.3 Å². The maximum Gasteiger partial charge on any atom is 0.309 e. The van der Waals surface area contributed by atoms with Crippen molar-refractivity contribution in [2.24, 2.45) is 11.8 Å². The number of carbonyl (C=O) groups excluding carboxylic acids is 2. The molecule has 0 aromatic carbocycles. The molecule has 2 atom stereocenters. The number of carboxylic acid groups (broad SMARTS) is 1. The lowest BCUT2D eigenvalue weighted by molar-refractivity contribution is -0.136. The number of aliphatic carboxylic acids is 1. The van der Waals surface area contributed by atoms with E-state index in [0.29, 0.717) is 10.8 Å². The molecule has 1 aromatic rings.